The standard InChI is InChI=1S/C12H9NO5/c14-12(18-11-2-1-7-17-8-11)9-3-5-10(6-4-9)13(15)16/h1,3-8H,2H2. The Morgan fingerprint density at radius 3 is 2.61 bits per heavy atom. The van der Waals surface area contributed by atoms with Crippen LogP contribution >= 0.6 is 0 Å². The summed E-state index contributed by atoms with van der Waals surface area (Å²) in [5.41, 5.74) is 0.172. The normalized spacial score (nSPS) is 13.4. The van der Waals surface area contributed by atoms with E-state index in [2.05, 4.69) is 0 Å². The van der Waals surface area contributed by atoms with Gasteiger partial charge in [0.25, 0.3) is 5.69 Å². The van der Waals surface area contributed by atoms with Gasteiger partial charge in [-0.2, -0.15) is 0 Å². The first-order valence-corrected chi connectivity index (χ1v) is 5.13. The fraction of sp³-hybridized carbons (Fsp3) is 0.0833. The predicted molar refractivity (Wildman–Crippen MR) is 61.4 cm³/mol. The molecular formula is C12H9NO5. The summed E-state index contributed by atoms with van der Waals surface area (Å²) in [4.78, 5) is 21.6. The molecule has 0 spiro atoms. The molecule has 0 atom stereocenters. The zero-order chi connectivity index (χ0) is 13.0. The second-order valence-corrected chi connectivity index (χ2v) is 3.49. The highest BCUT2D eigenvalue weighted by Crippen LogP contribution is 2.16. The molecule has 92 valence electrons. The van der Waals surface area contributed by atoms with E-state index in [1.165, 1.54) is 36.8 Å². The Kier molecular flexibility index (Phi) is 3.38. The number of carbonyl (C=O) groups excluding carboxylic acids is 1. The number of hydrogen-bond donors (Lipinski definition) is 0. The number of non-ortho nitro benzene ring substituents is 1. The monoisotopic (exact) mass is 247 g/mol. The summed E-state index contributed by atoms with van der Waals surface area (Å²) in [6.07, 6.45) is 5.00. The Morgan fingerprint density at radius 1 is 1.33 bits per heavy atom. The second-order valence-electron chi connectivity index (χ2n) is 3.49. The molecule has 0 fully saturated rings. The molecule has 0 N–H and O–H groups in total. The minimum Gasteiger partial charge on any atom is -0.469 e. The SMILES string of the molecule is O=C(OC1=COC=CC1)c1ccc([N+](=O)[O-])cc1. The lowest BCUT2D eigenvalue weighted by molar-refractivity contribution is -0.384. The van der Waals surface area contributed by atoms with E-state index in [0.717, 1.165) is 0 Å². The van der Waals surface area contributed by atoms with Crippen LogP contribution in [0.3, 0.4) is 0 Å². The van der Waals surface area contributed by atoms with Crippen molar-refractivity contribution >= 4 is 11.7 Å². The topological polar surface area (TPSA) is 78.7 Å². The molecule has 0 saturated carbocycles. The average Bonchev–Trinajstić information content (AvgIpc) is 2.40. The number of esters is 1. The summed E-state index contributed by atoms with van der Waals surface area (Å²) in [6.45, 7) is 0. The molecule has 1 aromatic rings. The molecule has 1 aliphatic heterocycles. The van der Waals surface area contributed by atoms with Gasteiger partial charge >= 0.3 is 5.97 Å². The molecular weight excluding hydrogens is 238 g/mol. The first kappa shape index (κ1) is 11.8. The molecule has 0 amide bonds. The van der Waals surface area contributed by atoms with Gasteiger partial charge in [0.1, 0.15) is 12.0 Å². The van der Waals surface area contributed by atoms with Crippen LogP contribution in [0, 0.1) is 10.1 Å². The van der Waals surface area contributed by atoms with Crippen LogP contribution in [-0.4, -0.2) is 10.9 Å². The molecule has 0 bridgehead atoms. The number of benzene rings is 1. The quantitative estimate of drug-likeness (QED) is 0.466. The van der Waals surface area contributed by atoms with E-state index in [9.17, 15) is 14.9 Å². The average molecular weight is 247 g/mol. The minimum atomic E-state index is -0.574. The van der Waals surface area contributed by atoms with Crippen molar-refractivity contribution in [1.29, 1.82) is 0 Å². The van der Waals surface area contributed by atoms with Crippen LogP contribution in [0.5, 0.6) is 0 Å². The lowest BCUT2D eigenvalue weighted by Crippen LogP contribution is -2.06. The summed E-state index contributed by atoms with van der Waals surface area (Å²) >= 11 is 0. The van der Waals surface area contributed by atoms with Crippen molar-refractivity contribution in [2.45, 2.75) is 6.42 Å². The summed E-state index contributed by atoms with van der Waals surface area (Å²) in [5, 5.41) is 10.5. The Labute approximate surface area is 102 Å². The maximum absolute atomic E-state index is 11.7. The lowest BCUT2D eigenvalue weighted by Gasteiger charge is -2.09. The number of carbonyl (C=O) groups is 1. The van der Waals surface area contributed by atoms with Gasteiger partial charge in [0, 0.05) is 18.6 Å². The van der Waals surface area contributed by atoms with Gasteiger partial charge < -0.3 is 9.47 Å². The maximum Gasteiger partial charge on any atom is 0.343 e. The highest BCUT2D eigenvalue weighted by molar-refractivity contribution is 5.90. The largest absolute Gasteiger partial charge is 0.469 e. The zero-order valence-electron chi connectivity index (χ0n) is 9.24. The number of allylic oxidation sites excluding steroid dienone is 1. The van der Waals surface area contributed by atoms with E-state index in [1.54, 1.807) is 6.08 Å². The number of ether oxygens (including phenoxy) is 2. The van der Waals surface area contributed by atoms with Gasteiger partial charge in [0.2, 0.25) is 0 Å². The van der Waals surface area contributed by atoms with Gasteiger partial charge in [-0.15, -0.1) is 0 Å². The van der Waals surface area contributed by atoms with Gasteiger partial charge in [-0.3, -0.25) is 10.1 Å². The number of nitro groups is 1. The summed E-state index contributed by atoms with van der Waals surface area (Å²) in [7, 11) is 0. The van der Waals surface area contributed by atoms with E-state index < -0.39 is 10.9 Å². The van der Waals surface area contributed by atoms with Gasteiger partial charge in [0.15, 0.2) is 0 Å². The third-order valence-corrected chi connectivity index (χ3v) is 2.23. The summed E-state index contributed by atoms with van der Waals surface area (Å²) < 4.78 is 9.91. The van der Waals surface area contributed by atoms with Crippen LogP contribution < -0.4 is 0 Å². The second kappa shape index (κ2) is 5.13. The molecule has 6 nitrogen and oxygen atoms in total. The third kappa shape index (κ3) is 2.73. The predicted octanol–water partition coefficient (Wildman–Crippen LogP) is 2.53. The van der Waals surface area contributed by atoms with E-state index in [0.29, 0.717) is 12.2 Å². The Hall–Kier alpha value is -2.63. The summed E-state index contributed by atoms with van der Waals surface area (Å²) in [5.74, 6) is -0.184. The van der Waals surface area contributed by atoms with Crippen LogP contribution in [0.1, 0.15) is 16.8 Å². The number of nitro benzene ring substituents is 1. The first-order valence-electron chi connectivity index (χ1n) is 5.13. The van der Waals surface area contributed by atoms with Crippen molar-refractivity contribution in [2.24, 2.45) is 0 Å². The smallest absolute Gasteiger partial charge is 0.343 e. The van der Waals surface area contributed by atoms with Crippen molar-refractivity contribution in [3.8, 4) is 0 Å². The highest BCUT2D eigenvalue weighted by Gasteiger charge is 2.13. The molecule has 0 radical (unpaired) electrons. The molecule has 0 unspecified atom stereocenters. The summed E-state index contributed by atoms with van der Waals surface area (Å²) in [6, 6.07) is 5.20. The van der Waals surface area contributed by atoms with Crippen LogP contribution in [0.2, 0.25) is 0 Å². The number of hydrogen-bond acceptors (Lipinski definition) is 5. The molecule has 1 aliphatic rings. The molecule has 0 aromatic heterocycles. The molecule has 6 heteroatoms. The van der Waals surface area contributed by atoms with E-state index in [4.69, 9.17) is 9.47 Å². The zero-order valence-corrected chi connectivity index (χ0v) is 9.24. The third-order valence-electron chi connectivity index (χ3n) is 2.23. The van der Waals surface area contributed by atoms with Gasteiger partial charge in [-0.1, -0.05) is 0 Å². The van der Waals surface area contributed by atoms with E-state index >= 15 is 0 Å². The molecule has 18 heavy (non-hydrogen) atoms. The van der Waals surface area contributed by atoms with Crippen molar-refractivity contribution < 1.29 is 19.2 Å². The molecule has 0 aliphatic carbocycles. The Bertz CT molecular complexity index is 530. The number of nitrogens with zero attached hydrogens (tertiary/aromatic N) is 1. The fourth-order valence-corrected chi connectivity index (χ4v) is 1.35. The van der Waals surface area contributed by atoms with Crippen LogP contribution in [0.15, 0.2) is 48.6 Å². The van der Waals surface area contributed by atoms with Crippen LogP contribution in [-0.2, 0) is 9.47 Å². The van der Waals surface area contributed by atoms with Crippen LogP contribution in [0.4, 0.5) is 5.69 Å². The number of rotatable bonds is 3. The van der Waals surface area contributed by atoms with E-state index in [-0.39, 0.29) is 11.3 Å². The fourth-order valence-electron chi connectivity index (χ4n) is 1.35. The van der Waals surface area contributed by atoms with Gasteiger partial charge in [0.05, 0.1) is 16.7 Å². The highest BCUT2D eigenvalue weighted by atomic mass is 16.6. The Morgan fingerprint density at radius 2 is 2.06 bits per heavy atom. The maximum atomic E-state index is 11.7. The molecule has 1 aromatic carbocycles. The first-order chi connectivity index (χ1) is 8.66. The van der Waals surface area contributed by atoms with Crippen molar-refractivity contribution in [1.82, 2.24) is 0 Å². The van der Waals surface area contributed by atoms with Gasteiger partial charge in [-0.05, 0) is 18.2 Å². The minimum absolute atomic E-state index is 0.0744. The van der Waals surface area contributed by atoms with Crippen molar-refractivity contribution in [2.75, 3.05) is 0 Å². The lowest BCUT2D eigenvalue weighted by atomic mass is 10.2. The van der Waals surface area contributed by atoms with Crippen molar-refractivity contribution in [3.63, 3.8) is 0 Å². The van der Waals surface area contributed by atoms with E-state index in [1.807, 2.05) is 0 Å². The van der Waals surface area contributed by atoms with Crippen molar-refractivity contribution in [3.05, 3.63) is 64.3 Å². The molecule has 2 rings (SSSR count). The molecule has 1 heterocycles. The van der Waals surface area contributed by atoms with Crippen LogP contribution in [0.25, 0.3) is 0 Å². The van der Waals surface area contributed by atoms with Gasteiger partial charge in [-0.25, -0.2) is 4.79 Å². The Balaban J connectivity index is 2.04. The molecule has 0 saturated heterocycles.